The second-order valence-electron chi connectivity index (χ2n) is 17.8. The summed E-state index contributed by atoms with van der Waals surface area (Å²) in [6.07, 6.45) is 12.2. The Morgan fingerprint density at radius 3 is 1.32 bits per heavy atom. The van der Waals surface area contributed by atoms with Crippen LogP contribution < -0.4 is 0 Å². The second-order valence-corrected chi connectivity index (χ2v) is 35.0. The Kier molecular flexibility index (Phi) is 7.28. The number of benzene rings is 4. The van der Waals surface area contributed by atoms with Gasteiger partial charge in [0.25, 0.3) is 0 Å². The third-order valence-corrected chi connectivity index (χ3v) is 27.7. The van der Waals surface area contributed by atoms with E-state index in [0.29, 0.717) is 7.35 Å². The van der Waals surface area contributed by atoms with E-state index in [1.165, 1.54) is 76.6 Å². The molecule has 0 nitrogen and oxygen atoms in total. The Hall–Kier alpha value is -2.77. The monoisotopic (exact) mass is 784 g/mol. The zero-order chi connectivity index (χ0) is 32.9. The van der Waals surface area contributed by atoms with Crippen LogP contribution in [-0.4, -0.2) is 0 Å². The van der Waals surface area contributed by atoms with Crippen LogP contribution in [0.15, 0.2) is 96.1 Å². The van der Waals surface area contributed by atoms with Gasteiger partial charge in [0, 0.05) is 0 Å². The van der Waals surface area contributed by atoms with E-state index in [-0.39, 0.29) is 16.2 Å². The summed E-state index contributed by atoms with van der Waals surface area (Å²) in [5.41, 5.74) is 18.9. The van der Waals surface area contributed by atoms with Gasteiger partial charge in [-0.1, -0.05) is 0 Å². The van der Waals surface area contributed by atoms with Crippen molar-refractivity contribution in [2.45, 2.75) is 101 Å². The Balaban J connectivity index is 1.29. The van der Waals surface area contributed by atoms with Gasteiger partial charge in [-0.2, -0.15) is 0 Å². The van der Waals surface area contributed by atoms with Crippen LogP contribution in [0.3, 0.4) is 0 Å². The molecule has 8 rings (SSSR count). The summed E-state index contributed by atoms with van der Waals surface area (Å²) in [5.74, 6) is 0. The third kappa shape index (κ3) is 4.84. The molecule has 47 heavy (non-hydrogen) atoms. The van der Waals surface area contributed by atoms with Crippen LogP contribution in [0.1, 0.15) is 114 Å². The Morgan fingerprint density at radius 2 is 0.936 bits per heavy atom. The van der Waals surface area contributed by atoms with Crippen molar-refractivity contribution in [3.63, 3.8) is 0 Å². The first-order valence-corrected chi connectivity index (χ1v) is 29.6. The van der Waals surface area contributed by atoms with E-state index < -0.39 is 20.0 Å². The fraction of sp³-hybridized carbons (Fsp3) is 0.391. The fourth-order valence-electron chi connectivity index (χ4n) is 10.1. The van der Waals surface area contributed by atoms with Crippen molar-refractivity contribution >= 4 is 12.2 Å². The molecule has 1 heterocycles. The summed E-state index contributed by atoms with van der Waals surface area (Å²) in [4.78, 5) is 0. The molecule has 0 amide bonds. The molecular formula is C46H52Hf. The van der Waals surface area contributed by atoms with E-state index in [2.05, 4.69) is 148 Å². The molecule has 1 heteroatoms. The van der Waals surface area contributed by atoms with Crippen molar-refractivity contribution in [2.24, 2.45) is 5.41 Å². The van der Waals surface area contributed by atoms with Crippen molar-refractivity contribution in [1.82, 2.24) is 0 Å². The molecule has 4 aromatic carbocycles. The summed E-state index contributed by atoms with van der Waals surface area (Å²) in [6, 6.07) is 33.5. The molecule has 1 aliphatic heterocycles. The van der Waals surface area contributed by atoms with E-state index in [1.54, 1.807) is 11.1 Å². The van der Waals surface area contributed by atoms with Crippen molar-refractivity contribution in [3.05, 3.63) is 129 Å². The van der Waals surface area contributed by atoms with E-state index in [9.17, 15) is 0 Å². The first-order valence-electron chi connectivity index (χ1n) is 18.2. The van der Waals surface area contributed by atoms with Gasteiger partial charge in [0.1, 0.15) is 0 Å². The standard InChI is InChI=1S/C44H46.2CH3.Hf/c1-42(2,3)34-20-16-30(17-21-34)38-14-10-12-32-26-36(28-40(32)38)44(24-8-7-9-25-44)37-27-33-13-11-15-39(41(33)29-37)31-18-22-35(23-19-31)43(4,5)6;;;/h10-23,26-29H,7-9,24-25H2,1-6H3;2*1H3;. The number of fused-ring (bicyclic) bond motifs is 8. The van der Waals surface area contributed by atoms with E-state index >= 15 is 0 Å². The maximum atomic E-state index is 2.81. The van der Waals surface area contributed by atoms with E-state index in [4.69, 9.17) is 0 Å². The van der Waals surface area contributed by atoms with E-state index in [1.807, 2.05) is 11.1 Å². The molecule has 2 fully saturated rings. The molecule has 2 atom stereocenters. The molecule has 1 saturated heterocycles. The minimum absolute atomic E-state index is 0.165. The molecule has 4 aliphatic rings. The molecule has 1 saturated carbocycles. The number of allylic oxidation sites excluding steroid dienone is 2. The molecule has 240 valence electrons. The van der Waals surface area contributed by atoms with Crippen molar-refractivity contribution in [2.75, 3.05) is 0 Å². The molecule has 2 unspecified atom stereocenters. The quantitative estimate of drug-likeness (QED) is 0.178. The molecule has 0 aromatic heterocycles. The molecule has 4 aromatic rings. The first kappa shape index (κ1) is 31.5. The first-order chi connectivity index (χ1) is 22.3. The fourth-order valence-corrected chi connectivity index (χ4v) is 27.2. The third-order valence-electron chi connectivity index (χ3n) is 12.5. The van der Waals surface area contributed by atoms with Crippen LogP contribution in [0.2, 0.25) is 9.36 Å². The summed E-state index contributed by atoms with van der Waals surface area (Å²) < 4.78 is 6.90. The molecule has 3 aliphatic carbocycles. The van der Waals surface area contributed by atoms with E-state index in [0.717, 1.165) is 0 Å². The molecule has 0 N–H and O–H groups in total. The van der Waals surface area contributed by atoms with Gasteiger partial charge in [-0.3, -0.25) is 0 Å². The topological polar surface area (TPSA) is 0 Å². The number of hydrogen-bond donors (Lipinski definition) is 0. The molecule has 1 spiro atoms. The predicted octanol–water partition coefficient (Wildman–Crippen LogP) is 13.4. The SMILES string of the molecule is CC(C)(C)c1ccc(-c2cccc3c2C=C2[CH]3[Hf]([CH3])([CH3])[CH]3C(=Cc4c(-c5ccc(C(C)(C)C)cc5)cccc43)C23CCCCC3)cc1. The van der Waals surface area contributed by atoms with Gasteiger partial charge < -0.3 is 0 Å². The van der Waals surface area contributed by atoms with Crippen LogP contribution in [0.25, 0.3) is 34.4 Å². The second kappa shape index (κ2) is 10.9. The van der Waals surface area contributed by atoms with Crippen LogP contribution in [-0.2, 0) is 30.8 Å². The van der Waals surface area contributed by atoms with Crippen LogP contribution >= 0.6 is 0 Å². The number of rotatable bonds is 2. The van der Waals surface area contributed by atoms with Gasteiger partial charge in [0.05, 0.1) is 0 Å². The maximum absolute atomic E-state index is 3.10. The normalized spacial score (nSPS) is 22.2. The van der Waals surface area contributed by atoms with Gasteiger partial charge in [0.2, 0.25) is 0 Å². The van der Waals surface area contributed by atoms with Gasteiger partial charge >= 0.3 is 290 Å². The van der Waals surface area contributed by atoms with Crippen molar-refractivity contribution in [1.29, 1.82) is 0 Å². The minimum atomic E-state index is -3.10. The molecule has 0 radical (unpaired) electrons. The average molecular weight is 783 g/mol. The van der Waals surface area contributed by atoms with Crippen molar-refractivity contribution < 1.29 is 20.0 Å². The summed E-state index contributed by atoms with van der Waals surface area (Å²) >= 11 is -3.10. The molecule has 0 bridgehead atoms. The van der Waals surface area contributed by atoms with Crippen molar-refractivity contribution in [3.8, 4) is 22.3 Å². The number of hydrogen-bond acceptors (Lipinski definition) is 0. The summed E-state index contributed by atoms with van der Waals surface area (Å²) in [7, 11) is 0. The average Bonchev–Trinajstić information content (AvgIpc) is 3.66. The Bertz CT molecular complexity index is 1790. The van der Waals surface area contributed by atoms with Crippen LogP contribution in [0.4, 0.5) is 0 Å². The Morgan fingerprint density at radius 1 is 0.532 bits per heavy atom. The van der Waals surface area contributed by atoms with Gasteiger partial charge in [-0.05, 0) is 0 Å². The van der Waals surface area contributed by atoms with Gasteiger partial charge in [-0.15, -0.1) is 0 Å². The summed E-state index contributed by atoms with van der Waals surface area (Å²) in [5, 5.41) is 0. The van der Waals surface area contributed by atoms with Gasteiger partial charge in [0.15, 0.2) is 0 Å². The zero-order valence-electron chi connectivity index (χ0n) is 29.9. The molecular weight excluding hydrogens is 731 g/mol. The predicted molar refractivity (Wildman–Crippen MR) is 200 cm³/mol. The van der Waals surface area contributed by atoms with Crippen LogP contribution in [0, 0.1) is 5.41 Å². The zero-order valence-corrected chi connectivity index (χ0v) is 33.5. The Labute approximate surface area is 288 Å². The summed E-state index contributed by atoms with van der Waals surface area (Å²) in [6.45, 7) is 13.9. The van der Waals surface area contributed by atoms with Crippen LogP contribution in [0.5, 0.6) is 0 Å². The van der Waals surface area contributed by atoms with Gasteiger partial charge in [-0.25, -0.2) is 0 Å².